The number of carbonyl (C=O) groups excluding carboxylic acids is 2. The first-order valence-electron chi connectivity index (χ1n) is 6.53. The van der Waals surface area contributed by atoms with Crippen molar-refractivity contribution in [2.45, 2.75) is 5.16 Å². The van der Waals surface area contributed by atoms with Crippen LogP contribution in [0.25, 0.3) is 5.69 Å². The van der Waals surface area contributed by atoms with Crippen molar-refractivity contribution in [1.29, 1.82) is 0 Å². The van der Waals surface area contributed by atoms with Gasteiger partial charge in [-0.25, -0.2) is 9.18 Å². The van der Waals surface area contributed by atoms with Gasteiger partial charge in [0.1, 0.15) is 12.1 Å². The van der Waals surface area contributed by atoms with Crippen LogP contribution in [0.1, 0.15) is 0 Å². The standard InChI is InChI=1S/C13H12FN5O2S/c14-9-3-1-2-4-10(9)19-8-16-17-13(19)22-7-11(20)18-6-5-15-12(18)21/h1-4,8H,5-7H2,(H,15,21). The number of carbonyl (C=O) groups is 2. The van der Waals surface area contributed by atoms with Crippen molar-refractivity contribution in [3.63, 3.8) is 0 Å². The molecule has 0 aliphatic carbocycles. The molecule has 1 aliphatic heterocycles. The number of nitrogens with zero attached hydrogens (tertiary/aromatic N) is 4. The van der Waals surface area contributed by atoms with Crippen molar-refractivity contribution < 1.29 is 14.0 Å². The van der Waals surface area contributed by atoms with Gasteiger partial charge in [0.25, 0.3) is 0 Å². The molecular weight excluding hydrogens is 309 g/mol. The maximum atomic E-state index is 13.8. The van der Waals surface area contributed by atoms with Crippen molar-refractivity contribution in [3.05, 3.63) is 36.4 Å². The Morgan fingerprint density at radius 2 is 2.23 bits per heavy atom. The Bertz CT molecular complexity index is 720. The summed E-state index contributed by atoms with van der Waals surface area (Å²) in [5.74, 6) is -0.696. The smallest absolute Gasteiger partial charge is 0.324 e. The van der Waals surface area contributed by atoms with Crippen molar-refractivity contribution in [2.24, 2.45) is 0 Å². The Hall–Kier alpha value is -2.42. The van der Waals surface area contributed by atoms with E-state index in [-0.39, 0.29) is 17.7 Å². The minimum absolute atomic E-state index is 0.0283. The second-order valence-corrected chi connectivity index (χ2v) is 5.44. The van der Waals surface area contributed by atoms with Gasteiger partial charge in [0.05, 0.1) is 11.4 Å². The summed E-state index contributed by atoms with van der Waals surface area (Å²) in [5.41, 5.74) is 0.307. The SMILES string of the molecule is O=C(CSc1nncn1-c1ccccc1F)N1CCNC1=O. The molecule has 9 heteroatoms. The Balaban J connectivity index is 1.72. The molecule has 2 heterocycles. The van der Waals surface area contributed by atoms with Crippen LogP contribution < -0.4 is 5.32 Å². The number of amides is 3. The van der Waals surface area contributed by atoms with E-state index in [4.69, 9.17) is 0 Å². The van der Waals surface area contributed by atoms with E-state index in [2.05, 4.69) is 15.5 Å². The second kappa shape index (κ2) is 6.14. The predicted molar refractivity (Wildman–Crippen MR) is 77.2 cm³/mol. The van der Waals surface area contributed by atoms with Gasteiger partial charge in [0.2, 0.25) is 5.91 Å². The van der Waals surface area contributed by atoms with Gasteiger partial charge in [-0.15, -0.1) is 10.2 Å². The van der Waals surface area contributed by atoms with E-state index in [9.17, 15) is 14.0 Å². The first kappa shape index (κ1) is 14.5. The molecule has 7 nitrogen and oxygen atoms in total. The van der Waals surface area contributed by atoms with Crippen LogP contribution in [0, 0.1) is 5.82 Å². The number of aromatic nitrogens is 3. The molecule has 0 bridgehead atoms. The van der Waals surface area contributed by atoms with Gasteiger partial charge in [-0.3, -0.25) is 14.3 Å². The van der Waals surface area contributed by atoms with Crippen LogP contribution in [0.2, 0.25) is 0 Å². The molecule has 0 spiro atoms. The van der Waals surface area contributed by atoms with Gasteiger partial charge in [-0.2, -0.15) is 0 Å². The number of rotatable bonds is 4. The van der Waals surface area contributed by atoms with Crippen molar-refractivity contribution in [2.75, 3.05) is 18.8 Å². The predicted octanol–water partition coefficient (Wildman–Crippen LogP) is 1.05. The number of urea groups is 1. The van der Waals surface area contributed by atoms with Gasteiger partial charge in [0, 0.05) is 13.1 Å². The van der Waals surface area contributed by atoms with Gasteiger partial charge in [0.15, 0.2) is 5.16 Å². The fourth-order valence-electron chi connectivity index (χ4n) is 2.05. The number of hydrogen-bond acceptors (Lipinski definition) is 5. The number of imide groups is 1. The highest BCUT2D eigenvalue weighted by Crippen LogP contribution is 2.21. The lowest BCUT2D eigenvalue weighted by atomic mass is 10.3. The fourth-order valence-corrected chi connectivity index (χ4v) is 2.85. The molecule has 1 fully saturated rings. The van der Waals surface area contributed by atoms with E-state index in [0.29, 0.717) is 23.9 Å². The molecule has 1 aliphatic rings. The van der Waals surface area contributed by atoms with Gasteiger partial charge in [-0.05, 0) is 12.1 Å². The number of nitrogens with one attached hydrogen (secondary N) is 1. The maximum absolute atomic E-state index is 13.8. The minimum Gasteiger partial charge on any atom is -0.336 e. The minimum atomic E-state index is -0.408. The Labute approximate surface area is 129 Å². The summed E-state index contributed by atoms with van der Waals surface area (Å²) in [6.07, 6.45) is 1.38. The first-order valence-corrected chi connectivity index (χ1v) is 7.51. The van der Waals surface area contributed by atoms with Crippen LogP contribution in [0.5, 0.6) is 0 Å². The largest absolute Gasteiger partial charge is 0.336 e. The molecule has 2 aromatic rings. The van der Waals surface area contributed by atoms with Crippen molar-refractivity contribution >= 4 is 23.7 Å². The lowest BCUT2D eigenvalue weighted by molar-refractivity contribution is -0.124. The molecule has 3 amide bonds. The van der Waals surface area contributed by atoms with Crippen molar-refractivity contribution in [3.8, 4) is 5.69 Å². The van der Waals surface area contributed by atoms with Crippen LogP contribution in [0.3, 0.4) is 0 Å². The van der Waals surface area contributed by atoms with E-state index < -0.39 is 5.82 Å². The summed E-state index contributed by atoms with van der Waals surface area (Å²) in [6.45, 7) is 0.818. The third-order valence-electron chi connectivity index (χ3n) is 3.11. The van der Waals surface area contributed by atoms with Gasteiger partial charge in [-0.1, -0.05) is 23.9 Å². The highest BCUT2D eigenvalue weighted by Gasteiger charge is 2.26. The van der Waals surface area contributed by atoms with E-state index in [0.717, 1.165) is 16.7 Å². The van der Waals surface area contributed by atoms with Gasteiger partial charge < -0.3 is 5.32 Å². The van der Waals surface area contributed by atoms with E-state index in [1.54, 1.807) is 18.2 Å². The molecule has 1 saturated heterocycles. The van der Waals surface area contributed by atoms with E-state index in [1.807, 2.05) is 0 Å². The van der Waals surface area contributed by atoms with E-state index in [1.165, 1.54) is 17.0 Å². The number of benzene rings is 1. The zero-order chi connectivity index (χ0) is 15.5. The van der Waals surface area contributed by atoms with Crippen LogP contribution in [0.15, 0.2) is 35.7 Å². The van der Waals surface area contributed by atoms with Crippen LogP contribution >= 0.6 is 11.8 Å². The maximum Gasteiger partial charge on any atom is 0.324 e. The van der Waals surface area contributed by atoms with Crippen molar-refractivity contribution in [1.82, 2.24) is 25.0 Å². The summed E-state index contributed by atoms with van der Waals surface area (Å²) in [4.78, 5) is 24.5. The summed E-state index contributed by atoms with van der Waals surface area (Å²) < 4.78 is 15.3. The Morgan fingerprint density at radius 1 is 1.41 bits per heavy atom. The molecule has 0 atom stereocenters. The molecule has 114 valence electrons. The Kier molecular flexibility index (Phi) is 4.05. The molecule has 0 radical (unpaired) electrons. The average Bonchev–Trinajstić information content (AvgIpc) is 3.14. The molecule has 1 N–H and O–H groups in total. The molecule has 1 aromatic heterocycles. The molecule has 1 aromatic carbocycles. The number of halogens is 1. The number of thioether (sulfide) groups is 1. The number of para-hydroxylation sites is 1. The first-order chi connectivity index (χ1) is 10.7. The lowest BCUT2D eigenvalue weighted by Crippen LogP contribution is -2.35. The zero-order valence-electron chi connectivity index (χ0n) is 11.4. The molecule has 0 saturated carbocycles. The molecule has 0 unspecified atom stereocenters. The summed E-state index contributed by atoms with van der Waals surface area (Å²) in [7, 11) is 0. The summed E-state index contributed by atoms with van der Waals surface area (Å²) in [5, 5.41) is 10.6. The second-order valence-electron chi connectivity index (χ2n) is 4.50. The molecular formula is C13H12FN5O2S. The molecule has 3 rings (SSSR count). The topological polar surface area (TPSA) is 80.1 Å². The summed E-state index contributed by atoms with van der Waals surface area (Å²) in [6, 6.07) is 5.83. The van der Waals surface area contributed by atoms with Gasteiger partial charge >= 0.3 is 6.03 Å². The van der Waals surface area contributed by atoms with E-state index >= 15 is 0 Å². The fraction of sp³-hybridized carbons (Fsp3) is 0.231. The highest BCUT2D eigenvalue weighted by molar-refractivity contribution is 7.99. The monoisotopic (exact) mass is 321 g/mol. The average molecular weight is 321 g/mol. The van der Waals surface area contributed by atoms with Crippen LogP contribution in [0.4, 0.5) is 9.18 Å². The third-order valence-corrected chi connectivity index (χ3v) is 4.04. The quantitative estimate of drug-likeness (QED) is 0.852. The summed E-state index contributed by atoms with van der Waals surface area (Å²) >= 11 is 1.11. The number of hydrogen-bond donors (Lipinski definition) is 1. The normalized spacial score (nSPS) is 14.2. The highest BCUT2D eigenvalue weighted by atomic mass is 32.2. The van der Waals surface area contributed by atoms with Crippen LogP contribution in [-0.4, -0.2) is 50.4 Å². The lowest BCUT2D eigenvalue weighted by Gasteiger charge is -2.11. The van der Waals surface area contributed by atoms with Crippen LogP contribution in [-0.2, 0) is 4.79 Å². The Morgan fingerprint density at radius 3 is 2.95 bits per heavy atom. The molecule has 22 heavy (non-hydrogen) atoms. The zero-order valence-corrected chi connectivity index (χ0v) is 12.2. The third kappa shape index (κ3) is 2.80.